The van der Waals surface area contributed by atoms with Crippen LogP contribution < -0.4 is 5.73 Å². The topological polar surface area (TPSA) is 56.7 Å². The summed E-state index contributed by atoms with van der Waals surface area (Å²) in [6.45, 7) is 0.244. The fraction of sp³-hybridized carbons (Fsp3) is 0.143. The molecule has 0 radical (unpaired) electrons. The molecule has 21 heavy (non-hydrogen) atoms. The first-order chi connectivity index (χ1) is 10.0. The number of benzene rings is 1. The molecular weight excluding hydrogens is 281 g/mol. The molecule has 7 heteroatoms. The molecule has 0 aliphatic rings. The Hall–Kier alpha value is -2.41. The monoisotopic (exact) mass is 292 g/mol. The Labute approximate surface area is 118 Å². The van der Waals surface area contributed by atoms with E-state index in [1.807, 2.05) is 0 Å². The van der Waals surface area contributed by atoms with Crippen LogP contribution in [-0.4, -0.2) is 14.8 Å². The van der Waals surface area contributed by atoms with Crippen molar-refractivity contribution < 1.29 is 13.2 Å². The molecule has 108 valence electrons. The summed E-state index contributed by atoms with van der Waals surface area (Å²) in [6.07, 6.45) is -1.12. The molecule has 4 nitrogen and oxygen atoms in total. The highest BCUT2D eigenvalue weighted by Crippen LogP contribution is 2.30. The predicted molar refractivity (Wildman–Crippen MR) is 71.8 cm³/mol. The van der Waals surface area contributed by atoms with Gasteiger partial charge in [0.2, 0.25) is 0 Å². The Morgan fingerprint density at radius 1 is 1.10 bits per heavy atom. The molecule has 2 heterocycles. The normalized spacial score (nSPS) is 12.0. The summed E-state index contributed by atoms with van der Waals surface area (Å²) in [5.74, 6) is 0. The molecule has 0 atom stereocenters. The maximum Gasteiger partial charge on any atom is 0.416 e. The van der Waals surface area contributed by atoms with Crippen molar-refractivity contribution in [1.82, 2.24) is 14.8 Å². The lowest BCUT2D eigenvalue weighted by Gasteiger charge is -2.08. The van der Waals surface area contributed by atoms with Crippen LogP contribution in [0.2, 0.25) is 0 Å². The second-order valence-electron chi connectivity index (χ2n) is 4.50. The molecule has 0 amide bonds. The quantitative estimate of drug-likeness (QED) is 0.790. The van der Waals surface area contributed by atoms with Gasteiger partial charge in [-0.15, -0.1) is 0 Å². The average molecular weight is 292 g/mol. The van der Waals surface area contributed by atoms with Crippen LogP contribution in [0, 0.1) is 0 Å². The van der Waals surface area contributed by atoms with Crippen molar-refractivity contribution in [3.63, 3.8) is 0 Å². The number of rotatable bonds is 2. The zero-order valence-electron chi connectivity index (χ0n) is 10.8. The van der Waals surface area contributed by atoms with Crippen LogP contribution >= 0.6 is 0 Å². The second kappa shape index (κ2) is 4.85. The third kappa shape index (κ3) is 2.36. The fourth-order valence-electron chi connectivity index (χ4n) is 2.17. The molecule has 1 aromatic carbocycles. The van der Waals surface area contributed by atoms with Gasteiger partial charge in [-0.25, -0.2) is 4.68 Å². The van der Waals surface area contributed by atoms with Gasteiger partial charge >= 0.3 is 6.18 Å². The van der Waals surface area contributed by atoms with E-state index in [1.165, 1.54) is 12.1 Å². The maximum absolute atomic E-state index is 12.6. The number of nitrogens with two attached hydrogens (primary N) is 1. The molecule has 0 aliphatic heterocycles. The molecule has 0 unspecified atom stereocenters. The van der Waals surface area contributed by atoms with Gasteiger partial charge in [0, 0.05) is 18.1 Å². The molecule has 0 spiro atoms. The van der Waals surface area contributed by atoms with E-state index in [0.717, 1.165) is 17.5 Å². The number of alkyl halides is 3. The van der Waals surface area contributed by atoms with Crippen molar-refractivity contribution in [2.45, 2.75) is 12.7 Å². The largest absolute Gasteiger partial charge is 0.416 e. The minimum absolute atomic E-state index is 0.244. The van der Waals surface area contributed by atoms with Crippen LogP contribution in [0.25, 0.3) is 16.6 Å². The average Bonchev–Trinajstić information content (AvgIpc) is 2.85. The molecular formula is C14H11F3N4. The van der Waals surface area contributed by atoms with Crippen molar-refractivity contribution in [2.24, 2.45) is 5.73 Å². The summed E-state index contributed by atoms with van der Waals surface area (Å²) in [4.78, 5) is 4.02. The van der Waals surface area contributed by atoms with Gasteiger partial charge in [0.1, 0.15) is 0 Å². The van der Waals surface area contributed by atoms with Crippen molar-refractivity contribution in [3.8, 4) is 5.69 Å². The lowest BCUT2D eigenvalue weighted by Crippen LogP contribution is -2.05. The van der Waals surface area contributed by atoms with Crippen LogP contribution in [0.5, 0.6) is 0 Å². The summed E-state index contributed by atoms with van der Waals surface area (Å²) in [7, 11) is 0. The minimum Gasteiger partial charge on any atom is -0.325 e. The number of fused-ring (bicyclic) bond motifs is 1. The number of pyridine rings is 1. The number of hydrogen-bond donors (Lipinski definition) is 1. The van der Waals surface area contributed by atoms with Gasteiger partial charge in [-0.05, 0) is 30.3 Å². The Morgan fingerprint density at radius 2 is 1.81 bits per heavy atom. The number of nitrogens with zero attached hydrogens (tertiary/aromatic N) is 3. The zero-order valence-corrected chi connectivity index (χ0v) is 10.8. The molecule has 0 bridgehead atoms. The van der Waals surface area contributed by atoms with Crippen LogP contribution in [0.15, 0.2) is 42.7 Å². The van der Waals surface area contributed by atoms with Crippen LogP contribution in [0.3, 0.4) is 0 Å². The van der Waals surface area contributed by atoms with Crippen molar-refractivity contribution in [1.29, 1.82) is 0 Å². The molecule has 0 fully saturated rings. The Kier molecular flexibility index (Phi) is 3.13. The highest BCUT2D eigenvalue weighted by molar-refractivity contribution is 5.82. The predicted octanol–water partition coefficient (Wildman–Crippen LogP) is 2.90. The Balaban J connectivity index is 2.12. The van der Waals surface area contributed by atoms with Gasteiger partial charge in [0.25, 0.3) is 0 Å². The third-order valence-corrected chi connectivity index (χ3v) is 3.19. The molecule has 0 saturated heterocycles. The van der Waals surface area contributed by atoms with Crippen LogP contribution in [0.4, 0.5) is 13.2 Å². The first-order valence-corrected chi connectivity index (χ1v) is 6.20. The summed E-state index contributed by atoms with van der Waals surface area (Å²) in [5.41, 5.74) is 6.86. The van der Waals surface area contributed by atoms with E-state index in [9.17, 15) is 13.2 Å². The highest BCUT2D eigenvalue weighted by atomic mass is 19.4. The first kappa shape index (κ1) is 13.6. The van der Waals surface area contributed by atoms with Gasteiger partial charge < -0.3 is 5.73 Å². The van der Waals surface area contributed by atoms with E-state index < -0.39 is 11.7 Å². The lowest BCUT2D eigenvalue weighted by molar-refractivity contribution is -0.137. The van der Waals surface area contributed by atoms with E-state index in [0.29, 0.717) is 16.9 Å². The Bertz CT molecular complexity index is 775. The van der Waals surface area contributed by atoms with Gasteiger partial charge in [0.15, 0.2) is 0 Å². The van der Waals surface area contributed by atoms with E-state index >= 15 is 0 Å². The minimum atomic E-state index is -4.35. The van der Waals surface area contributed by atoms with Gasteiger partial charge in [-0.3, -0.25) is 4.98 Å². The van der Waals surface area contributed by atoms with Gasteiger partial charge in [-0.2, -0.15) is 18.3 Å². The third-order valence-electron chi connectivity index (χ3n) is 3.19. The summed E-state index contributed by atoms with van der Waals surface area (Å²) >= 11 is 0. The van der Waals surface area contributed by atoms with E-state index in [4.69, 9.17) is 5.73 Å². The molecule has 3 rings (SSSR count). The molecule has 3 aromatic rings. The summed E-state index contributed by atoms with van der Waals surface area (Å²) < 4.78 is 39.3. The molecule has 2 N–H and O–H groups in total. The van der Waals surface area contributed by atoms with Crippen molar-refractivity contribution in [3.05, 3.63) is 54.0 Å². The number of aromatic nitrogens is 3. The SMILES string of the molecule is NCc1nn(-c2ccc(C(F)(F)F)cc2)c2cnccc12. The standard InChI is InChI=1S/C14H11F3N4/c15-14(16,17)9-1-3-10(4-2-9)21-13-8-19-6-5-11(13)12(7-18)20-21/h1-6,8H,7,18H2. The lowest BCUT2D eigenvalue weighted by atomic mass is 10.2. The van der Waals surface area contributed by atoms with E-state index in [-0.39, 0.29) is 6.54 Å². The maximum atomic E-state index is 12.6. The van der Waals surface area contributed by atoms with Gasteiger partial charge in [-0.1, -0.05) is 0 Å². The van der Waals surface area contributed by atoms with Crippen LogP contribution in [-0.2, 0) is 12.7 Å². The fourth-order valence-corrected chi connectivity index (χ4v) is 2.17. The number of hydrogen-bond acceptors (Lipinski definition) is 3. The zero-order chi connectivity index (χ0) is 15.0. The number of halogens is 3. The van der Waals surface area contributed by atoms with E-state index in [1.54, 1.807) is 23.1 Å². The molecule has 2 aromatic heterocycles. The van der Waals surface area contributed by atoms with Crippen molar-refractivity contribution in [2.75, 3.05) is 0 Å². The summed E-state index contributed by atoms with van der Waals surface area (Å²) in [6, 6.07) is 6.60. The van der Waals surface area contributed by atoms with Crippen LogP contribution in [0.1, 0.15) is 11.3 Å². The smallest absolute Gasteiger partial charge is 0.325 e. The first-order valence-electron chi connectivity index (χ1n) is 6.20. The Morgan fingerprint density at radius 3 is 2.43 bits per heavy atom. The molecule has 0 aliphatic carbocycles. The second-order valence-corrected chi connectivity index (χ2v) is 4.50. The van der Waals surface area contributed by atoms with Gasteiger partial charge in [0.05, 0.1) is 28.7 Å². The summed E-state index contributed by atoms with van der Waals surface area (Å²) in [5, 5.41) is 5.18. The van der Waals surface area contributed by atoms with E-state index in [2.05, 4.69) is 10.1 Å². The highest BCUT2D eigenvalue weighted by Gasteiger charge is 2.30. The van der Waals surface area contributed by atoms with Crippen molar-refractivity contribution >= 4 is 10.9 Å². The molecule has 0 saturated carbocycles.